The summed E-state index contributed by atoms with van der Waals surface area (Å²) in [7, 11) is 0. The Balaban J connectivity index is 1.31. The SMILES string of the molecule is CCC1(CC)C[C@@H](NC(=O)c2ccc([C@H]3SCC(=O)N3Cc3ccccc3)cc2)c2ccccc2O1. The van der Waals surface area contributed by atoms with Crippen molar-refractivity contribution >= 4 is 23.6 Å². The van der Waals surface area contributed by atoms with Crippen molar-refractivity contribution in [3.8, 4) is 5.75 Å². The van der Waals surface area contributed by atoms with Gasteiger partial charge in [-0.2, -0.15) is 0 Å². The largest absolute Gasteiger partial charge is 0.487 e. The maximum Gasteiger partial charge on any atom is 0.251 e. The average Bonchev–Trinajstić information content (AvgIpc) is 3.28. The second-order valence-electron chi connectivity index (χ2n) is 9.55. The number of carbonyl (C=O) groups excluding carboxylic acids is 2. The summed E-state index contributed by atoms with van der Waals surface area (Å²) in [4.78, 5) is 27.8. The van der Waals surface area contributed by atoms with Gasteiger partial charge in [0.15, 0.2) is 0 Å². The maximum atomic E-state index is 13.3. The van der Waals surface area contributed by atoms with Crippen LogP contribution in [0.2, 0.25) is 0 Å². The van der Waals surface area contributed by atoms with Crippen LogP contribution in [0.25, 0.3) is 0 Å². The van der Waals surface area contributed by atoms with Crippen LogP contribution < -0.4 is 10.1 Å². The van der Waals surface area contributed by atoms with Crippen molar-refractivity contribution in [2.75, 3.05) is 5.75 Å². The molecule has 0 bridgehead atoms. The lowest BCUT2D eigenvalue weighted by atomic mass is 9.83. The van der Waals surface area contributed by atoms with Crippen molar-refractivity contribution in [1.82, 2.24) is 10.2 Å². The third-order valence-corrected chi connectivity index (χ3v) is 8.67. The summed E-state index contributed by atoms with van der Waals surface area (Å²) in [6, 6.07) is 25.6. The number of benzene rings is 3. The summed E-state index contributed by atoms with van der Waals surface area (Å²) in [5.41, 5.74) is 3.51. The standard InChI is InChI=1S/C30H32N2O3S/c1-3-30(4-2)18-25(24-12-8-9-13-26(24)35-30)31-28(34)22-14-16-23(17-15-22)29-32(27(33)20-36-29)19-21-10-6-5-7-11-21/h5-17,25,29H,3-4,18-20H2,1-2H3,(H,31,34)/t25-,29-/m1/s1. The van der Waals surface area contributed by atoms with E-state index in [1.165, 1.54) is 0 Å². The molecule has 0 saturated carbocycles. The Kier molecular flexibility index (Phi) is 7.06. The van der Waals surface area contributed by atoms with Gasteiger partial charge in [0.1, 0.15) is 16.7 Å². The first kappa shape index (κ1) is 24.4. The number of hydrogen-bond acceptors (Lipinski definition) is 4. The second kappa shape index (κ2) is 10.4. The Morgan fingerprint density at radius 2 is 1.69 bits per heavy atom. The van der Waals surface area contributed by atoms with Crippen molar-refractivity contribution < 1.29 is 14.3 Å². The van der Waals surface area contributed by atoms with Gasteiger partial charge < -0.3 is 15.0 Å². The van der Waals surface area contributed by atoms with Gasteiger partial charge in [0.25, 0.3) is 5.91 Å². The van der Waals surface area contributed by atoms with Gasteiger partial charge in [-0.3, -0.25) is 9.59 Å². The van der Waals surface area contributed by atoms with Crippen LogP contribution in [0, 0.1) is 0 Å². The van der Waals surface area contributed by atoms with Gasteiger partial charge in [-0.1, -0.05) is 74.5 Å². The van der Waals surface area contributed by atoms with E-state index in [0.29, 0.717) is 17.9 Å². The minimum atomic E-state index is -0.273. The van der Waals surface area contributed by atoms with Crippen LogP contribution in [0.5, 0.6) is 5.75 Å². The number of nitrogens with one attached hydrogen (secondary N) is 1. The highest BCUT2D eigenvalue weighted by Gasteiger charge is 2.39. The third kappa shape index (κ3) is 4.87. The zero-order valence-corrected chi connectivity index (χ0v) is 21.6. The molecule has 3 aromatic rings. The molecule has 1 fully saturated rings. The number of para-hydroxylation sites is 1. The minimum Gasteiger partial charge on any atom is -0.487 e. The molecule has 1 saturated heterocycles. The number of fused-ring (bicyclic) bond motifs is 1. The molecule has 2 aliphatic heterocycles. The monoisotopic (exact) mass is 500 g/mol. The fraction of sp³-hybridized carbons (Fsp3) is 0.333. The average molecular weight is 501 g/mol. The van der Waals surface area contributed by atoms with Gasteiger partial charge in [-0.25, -0.2) is 0 Å². The number of rotatable bonds is 7. The van der Waals surface area contributed by atoms with Crippen LogP contribution in [0.3, 0.4) is 0 Å². The lowest BCUT2D eigenvalue weighted by Gasteiger charge is -2.41. The lowest BCUT2D eigenvalue weighted by molar-refractivity contribution is -0.128. The molecule has 0 aromatic heterocycles. The number of nitrogens with zero attached hydrogens (tertiary/aromatic N) is 1. The van der Waals surface area contributed by atoms with E-state index < -0.39 is 0 Å². The lowest BCUT2D eigenvalue weighted by Crippen LogP contribution is -2.44. The van der Waals surface area contributed by atoms with E-state index in [1.807, 2.05) is 83.8 Å². The minimum absolute atomic E-state index is 0.0492. The van der Waals surface area contributed by atoms with Gasteiger partial charge in [-0.15, -0.1) is 11.8 Å². The van der Waals surface area contributed by atoms with Crippen molar-refractivity contribution in [3.63, 3.8) is 0 Å². The molecule has 0 radical (unpaired) electrons. The summed E-state index contributed by atoms with van der Waals surface area (Å²) in [6.07, 6.45) is 2.52. The Hall–Kier alpha value is -3.25. The zero-order chi connectivity index (χ0) is 25.1. The number of amides is 2. The molecule has 0 spiro atoms. The van der Waals surface area contributed by atoms with Gasteiger partial charge in [0.2, 0.25) is 5.91 Å². The van der Waals surface area contributed by atoms with Crippen LogP contribution in [-0.2, 0) is 11.3 Å². The van der Waals surface area contributed by atoms with Gasteiger partial charge in [0, 0.05) is 24.1 Å². The summed E-state index contributed by atoms with van der Waals surface area (Å²) in [5.74, 6) is 1.37. The molecule has 0 aliphatic carbocycles. The van der Waals surface area contributed by atoms with E-state index in [0.717, 1.165) is 41.7 Å². The first-order chi connectivity index (χ1) is 17.5. The molecule has 2 heterocycles. The van der Waals surface area contributed by atoms with Crippen molar-refractivity contribution in [2.24, 2.45) is 0 Å². The molecule has 3 aromatic carbocycles. The van der Waals surface area contributed by atoms with E-state index >= 15 is 0 Å². The number of thioether (sulfide) groups is 1. The highest BCUT2D eigenvalue weighted by atomic mass is 32.2. The first-order valence-corrected chi connectivity index (χ1v) is 13.7. The molecule has 186 valence electrons. The van der Waals surface area contributed by atoms with Crippen LogP contribution in [-0.4, -0.2) is 28.1 Å². The Bertz CT molecular complexity index is 1220. The van der Waals surface area contributed by atoms with E-state index in [4.69, 9.17) is 4.74 Å². The molecule has 2 aliphatic rings. The Labute approximate surface area is 217 Å². The smallest absolute Gasteiger partial charge is 0.251 e. The highest BCUT2D eigenvalue weighted by Crippen LogP contribution is 2.43. The topological polar surface area (TPSA) is 58.6 Å². The summed E-state index contributed by atoms with van der Waals surface area (Å²) >= 11 is 1.63. The quantitative estimate of drug-likeness (QED) is 0.415. The van der Waals surface area contributed by atoms with Crippen LogP contribution in [0.1, 0.15) is 71.6 Å². The van der Waals surface area contributed by atoms with E-state index in [1.54, 1.807) is 11.8 Å². The summed E-state index contributed by atoms with van der Waals surface area (Å²) in [6.45, 7) is 4.86. The molecule has 6 heteroatoms. The molecule has 5 rings (SSSR count). The molecule has 5 nitrogen and oxygen atoms in total. The maximum absolute atomic E-state index is 13.3. The molecule has 2 amide bonds. The van der Waals surface area contributed by atoms with Crippen LogP contribution >= 0.6 is 11.8 Å². The molecule has 2 atom stereocenters. The van der Waals surface area contributed by atoms with Gasteiger partial charge in [-0.05, 0) is 42.2 Å². The Morgan fingerprint density at radius 1 is 1.00 bits per heavy atom. The summed E-state index contributed by atoms with van der Waals surface area (Å²) < 4.78 is 6.38. The molecular formula is C30H32N2O3S. The van der Waals surface area contributed by atoms with E-state index in [-0.39, 0.29) is 28.8 Å². The number of carbonyl (C=O) groups is 2. The fourth-order valence-electron chi connectivity index (χ4n) is 5.15. The number of ether oxygens (including phenoxy) is 1. The zero-order valence-electron chi connectivity index (χ0n) is 20.8. The third-order valence-electron chi connectivity index (χ3n) is 7.41. The van der Waals surface area contributed by atoms with Gasteiger partial charge >= 0.3 is 0 Å². The summed E-state index contributed by atoms with van der Waals surface area (Å²) in [5, 5.41) is 3.21. The molecule has 0 unspecified atom stereocenters. The molecule has 1 N–H and O–H groups in total. The molecule has 36 heavy (non-hydrogen) atoms. The Morgan fingerprint density at radius 3 is 2.42 bits per heavy atom. The van der Waals surface area contributed by atoms with E-state index in [2.05, 4.69) is 19.2 Å². The van der Waals surface area contributed by atoms with Crippen molar-refractivity contribution in [1.29, 1.82) is 0 Å². The number of hydrogen-bond donors (Lipinski definition) is 1. The normalized spacial score (nSPS) is 20.5. The fourth-order valence-corrected chi connectivity index (χ4v) is 6.34. The second-order valence-corrected chi connectivity index (χ2v) is 10.6. The molecular weight excluding hydrogens is 468 g/mol. The predicted octanol–water partition coefficient (Wildman–Crippen LogP) is 6.27. The first-order valence-electron chi connectivity index (χ1n) is 12.7. The predicted molar refractivity (Wildman–Crippen MR) is 144 cm³/mol. The highest BCUT2D eigenvalue weighted by molar-refractivity contribution is 8.00. The van der Waals surface area contributed by atoms with Crippen molar-refractivity contribution in [2.45, 2.75) is 56.7 Å². The van der Waals surface area contributed by atoms with Crippen LogP contribution in [0.4, 0.5) is 0 Å². The van der Waals surface area contributed by atoms with Crippen molar-refractivity contribution in [3.05, 3.63) is 101 Å². The van der Waals surface area contributed by atoms with E-state index in [9.17, 15) is 9.59 Å². The van der Waals surface area contributed by atoms with Crippen LogP contribution in [0.15, 0.2) is 78.9 Å². The van der Waals surface area contributed by atoms with Gasteiger partial charge in [0.05, 0.1) is 11.8 Å².